The predicted molar refractivity (Wildman–Crippen MR) is 90.3 cm³/mol. The maximum absolute atomic E-state index is 13.1. The molecule has 6 heteroatoms. The Bertz CT molecular complexity index is 581. The van der Waals surface area contributed by atoms with E-state index >= 15 is 0 Å². The lowest BCUT2D eigenvalue weighted by Gasteiger charge is -2.30. The zero-order valence-electron chi connectivity index (χ0n) is 14.0. The molecule has 0 radical (unpaired) electrons. The predicted octanol–water partition coefficient (Wildman–Crippen LogP) is 2.96. The number of hydrogen-bond acceptors (Lipinski definition) is 3. The Balaban J connectivity index is 2.17. The Morgan fingerprint density at radius 3 is 2.22 bits per heavy atom. The first kappa shape index (κ1) is 18.4. The van der Waals surface area contributed by atoms with Gasteiger partial charge in [-0.2, -0.15) is 4.31 Å². The van der Waals surface area contributed by atoms with E-state index in [1.165, 1.54) is 43.5 Å². The minimum Gasteiger partial charge on any atom is -0.308 e. The van der Waals surface area contributed by atoms with Gasteiger partial charge in [0.15, 0.2) is 0 Å². The second-order valence-electron chi connectivity index (χ2n) is 6.62. The molecule has 0 unspecified atom stereocenters. The molecule has 2 rings (SSSR count). The van der Waals surface area contributed by atoms with Crippen LogP contribution in [0, 0.1) is 11.7 Å². The zero-order chi connectivity index (χ0) is 16.9. The minimum absolute atomic E-state index is 0.175. The molecule has 1 aliphatic carbocycles. The summed E-state index contributed by atoms with van der Waals surface area (Å²) < 4.78 is 40.5. The lowest BCUT2D eigenvalue weighted by Crippen LogP contribution is -2.40. The molecule has 0 saturated heterocycles. The average molecular weight is 342 g/mol. The largest absolute Gasteiger partial charge is 0.308 e. The van der Waals surface area contributed by atoms with Crippen molar-refractivity contribution in [3.63, 3.8) is 0 Å². The monoisotopic (exact) mass is 342 g/mol. The molecule has 1 fully saturated rings. The third-order valence-corrected chi connectivity index (χ3v) is 6.31. The molecule has 1 aromatic carbocycles. The molecular weight excluding hydrogens is 315 g/mol. The maximum Gasteiger partial charge on any atom is 0.243 e. The van der Waals surface area contributed by atoms with Crippen molar-refractivity contribution in [2.45, 2.75) is 37.0 Å². The number of rotatable bonds is 7. The van der Waals surface area contributed by atoms with E-state index < -0.39 is 15.8 Å². The van der Waals surface area contributed by atoms with E-state index in [0.29, 0.717) is 25.6 Å². The van der Waals surface area contributed by atoms with Gasteiger partial charge >= 0.3 is 0 Å². The first-order valence-corrected chi connectivity index (χ1v) is 9.74. The Morgan fingerprint density at radius 1 is 1.04 bits per heavy atom. The summed E-state index contributed by atoms with van der Waals surface area (Å²) in [6, 6.07) is 5.12. The Morgan fingerprint density at radius 2 is 1.65 bits per heavy atom. The van der Waals surface area contributed by atoms with Crippen molar-refractivity contribution in [2.75, 3.05) is 33.7 Å². The van der Waals surface area contributed by atoms with Crippen LogP contribution in [-0.4, -0.2) is 51.4 Å². The number of halogens is 1. The highest BCUT2D eigenvalue weighted by molar-refractivity contribution is 7.89. The summed E-state index contributed by atoms with van der Waals surface area (Å²) in [7, 11) is 0.295. The number of nitrogens with zero attached hydrogens (tertiary/aromatic N) is 2. The normalized spacial score (nSPS) is 17.1. The molecule has 4 nitrogen and oxygen atoms in total. The summed E-state index contributed by atoms with van der Waals surface area (Å²) in [5, 5.41) is 0. The van der Waals surface area contributed by atoms with E-state index in [0.717, 1.165) is 12.8 Å². The van der Waals surface area contributed by atoms with Crippen LogP contribution < -0.4 is 0 Å². The fraction of sp³-hybridized carbons (Fsp3) is 0.647. The van der Waals surface area contributed by atoms with Gasteiger partial charge in [-0.1, -0.05) is 19.3 Å². The lowest BCUT2D eigenvalue weighted by atomic mass is 9.89. The van der Waals surface area contributed by atoms with Crippen LogP contribution in [0.1, 0.15) is 32.1 Å². The van der Waals surface area contributed by atoms with Crippen LogP contribution in [-0.2, 0) is 10.0 Å². The van der Waals surface area contributed by atoms with Crippen molar-refractivity contribution in [1.29, 1.82) is 0 Å². The summed E-state index contributed by atoms with van der Waals surface area (Å²) in [5.74, 6) is 0.0113. The number of hydrogen-bond donors (Lipinski definition) is 0. The molecule has 0 atom stereocenters. The van der Waals surface area contributed by atoms with Crippen LogP contribution >= 0.6 is 0 Å². The average Bonchev–Trinajstić information content (AvgIpc) is 2.52. The Kier molecular flexibility index (Phi) is 6.56. The molecule has 0 aliphatic heterocycles. The molecule has 0 spiro atoms. The van der Waals surface area contributed by atoms with Crippen LogP contribution in [0.15, 0.2) is 29.2 Å². The van der Waals surface area contributed by atoms with Crippen molar-refractivity contribution in [1.82, 2.24) is 9.21 Å². The number of likely N-dealkylation sites (N-methyl/N-ethyl adjacent to an activating group) is 1. The molecule has 0 aromatic heterocycles. The van der Waals surface area contributed by atoms with E-state index in [1.807, 2.05) is 19.0 Å². The third-order valence-electron chi connectivity index (χ3n) is 4.43. The van der Waals surface area contributed by atoms with Crippen molar-refractivity contribution in [3.05, 3.63) is 30.1 Å². The molecule has 1 saturated carbocycles. The van der Waals surface area contributed by atoms with Gasteiger partial charge in [-0.05, 0) is 57.1 Å². The number of benzene rings is 1. The van der Waals surface area contributed by atoms with Crippen LogP contribution in [0.2, 0.25) is 0 Å². The highest BCUT2D eigenvalue weighted by Gasteiger charge is 2.27. The zero-order valence-corrected chi connectivity index (χ0v) is 14.9. The van der Waals surface area contributed by atoms with Gasteiger partial charge in [0.25, 0.3) is 0 Å². The first-order valence-electron chi connectivity index (χ1n) is 8.30. The maximum atomic E-state index is 13.1. The van der Waals surface area contributed by atoms with Crippen molar-refractivity contribution < 1.29 is 12.8 Å². The second kappa shape index (κ2) is 8.22. The van der Waals surface area contributed by atoms with Crippen molar-refractivity contribution in [2.24, 2.45) is 5.92 Å². The van der Waals surface area contributed by atoms with E-state index in [2.05, 4.69) is 0 Å². The second-order valence-corrected chi connectivity index (χ2v) is 8.56. The summed E-state index contributed by atoms with van der Waals surface area (Å²) >= 11 is 0. The Labute approximate surface area is 139 Å². The summed E-state index contributed by atoms with van der Waals surface area (Å²) in [6.07, 6.45) is 5.80. The van der Waals surface area contributed by atoms with Crippen LogP contribution in [0.25, 0.3) is 0 Å². The lowest BCUT2D eigenvalue weighted by molar-refractivity contribution is 0.261. The summed E-state index contributed by atoms with van der Waals surface area (Å²) in [4.78, 5) is 2.15. The highest BCUT2D eigenvalue weighted by Crippen LogP contribution is 2.26. The van der Waals surface area contributed by atoms with Gasteiger partial charge in [0.1, 0.15) is 5.82 Å². The third kappa shape index (κ3) is 5.26. The van der Waals surface area contributed by atoms with Gasteiger partial charge in [-0.25, -0.2) is 12.8 Å². The molecule has 130 valence electrons. The van der Waals surface area contributed by atoms with E-state index in [9.17, 15) is 12.8 Å². The quantitative estimate of drug-likeness (QED) is 0.765. The first-order chi connectivity index (χ1) is 10.9. The fourth-order valence-electron chi connectivity index (χ4n) is 3.03. The molecule has 1 aliphatic rings. The molecule has 0 heterocycles. The molecule has 0 amide bonds. The van der Waals surface area contributed by atoms with Crippen molar-refractivity contribution >= 4 is 10.0 Å². The van der Waals surface area contributed by atoms with E-state index in [-0.39, 0.29) is 4.90 Å². The molecule has 23 heavy (non-hydrogen) atoms. The molecule has 0 N–H and O–H groups in total. The Hall–Kier alpha value is -0.980. The van der Waals surface area contributed by atoms with E-state index in [1.54, 1.807) is 4.31 Å². The topological polar surface area (TPSA) is 40.6 Å². The van der Waals surface area contributed by atoms with Gasteiger partial charge in [0, 0.05) is 19.6 Å². The number of sulfonamides is 1. The van der Waals surface area contributed by atoms with Gasteiger partial charge in [-0.3, -0.25) is 0 Å². The van der Waals surface area contributed by atoms with Gasteiger partial charge < -0.3 is 4.90 Å². The van der Waals surface area contributed by atoms with Crippen molar-refractivity contribution in [3.8, 4) is 0 Å². The minimum atomic E-state index is -3.57. The van der Waals surface area contributed by atoms with Crippen LogP contribution in [0.3, 0.4) is 0 Å². The van der Waals surface area contributed by atoms with Gasteiger partial charge in [0.05, 0.1) is 4.90 Å². The highest BCUT2D eigenvalue weighted by atomic mass is 32.2. The molecular formula is C17H27FN2O2S. The molecule has 0 bridgehead atoms. The smallest absolute Gasteiger partial charge is 0.243 e. The van der Waals surface area contributed by atoms with Crippen LogP contribution in [0.4, 0.5) is 4.39 Å². The molecule has 1 aromatic rings. The fourth-order valence-corrected chi connectivity index (χ4v) is 4.54. The van der Waals surface area contributed by atoms with Gasteiger partial charge in [0.2, 0.25) is 10.0 Å². The summed E-state index contributed by atoms with van der Waals surface area (Å²) in [6.45, 7) is 1.70. The van der Waals surface area contributed by atoms with Gasteiger partial charge in [-0.15, -0.1) is 0 Å². The van der Waals surface area contributed by atoms with E-state index in [4.69, 9.17) is 0 Å². The standard InChI is InChI=1S/C17H27FN2O2S/c1-19(2)12-13-20(14-15-6-4-3-5-7-15)23(21,22)17-10-8-16(18)9-11-17/h8-11,15H,3-7,12-14H2,1-2H3. The SMILES string of the molecule is CN(C)CCN(CC1CCCCC1)S(=O)(=O)c1ccc(F)cc1. The van der Waals surface area contributed by atoms with Crippen LogP contribution in [0.5, 0.6) is 0 Å². The summed E-state index contributed by atoms with van der Waals surface area (Å²) in [5.41, 5.74) is 0.